The van der Waals surface area contributed by atoms with Gasteiger partial charge in [0.15, 0.2) is 0 Å². The van der Waals surface area contributed by atoms with E-state index >= 15 is 0 Å². The van der Waals surface area contributed by atoms with Crippen LogP contribution < -0.4 is 5.32 Å². The van der Waals surface area contributed by atoms with Crippen molar-refractivity contribution in [1.29, 1.82) is 0 Å². The van der Waals surface area contributed by atoms with Crippen molar-refractivity contribution in [2.75, 3.05) is 32.9 Å². The van der Waals surface area contributed by atoms with Gasteiger partial charge in [-0.2, -0.15) is 0 Å². The average Bonchev–Trinajstić information content (AvgIpc) is 2.22. The van der Waals surface area contributed by atoms with Gasteiger partial charge in [0.05, 0.1) is 19.1 Å². The molecule has 0 saturated carbocycles. The molecule has 0 saturated heterocycles. The number of hydrogen-bond acceptors (Lipinski definition) is 4. The SMILES string of the molecule is CCOC(=O)C(C)CNCCOCC(F)F. The highest BCUT2D eigenvalue weighted by atomic mass is 19.3. The summed E-state index contributed by atoms with van der Waals surface area (Å²) in [7, 11) is 0. The maximum absolute atomic E-state index is 11.7. The molecule has 0 radical (unpaired) electrons. The maximum Gasteiger partial charge on any atom is 0.309 e. The minimum absolute atomic E-state index is 0.208. The molecule has 0 aromatic carbocycles. The second-order valence-corrected chi connectivity index (χ2v) is 3.32. The molecule has 0 amide bonds. The van der Waals surface area contributed by atoms with Crippen LogP contribution in [0.1, 0.15) is 13.8 Å². The second kappa shape index (κ2) is 9.47. The Balaban J connectivity index is 3.34. The summed E-state index contributed by atoms with van der Waals surface area (Å²) in [6, 6.07) is 0. The summed E-state index contributed by atoms with van der Waals surface area (Å²) in [4.78, 5) is 11.2. The number of carbonyl (C=O) groups is 1. The molecule has 16 heavy (non-hydrogen) atoms. The normalized spacial score (nSPS) is 12.8. The van der Waals surface area contributed by atoms with Crippen LogP contribution in [0.15, 0.2) is 0 Å². The number of ether oxygens (including phenoxy) is 2. The number of rotatable bonds is 9. The van der Waals surface area contributed by atoms with E-state index in [1.54, 1.807) is 13.8 Å². The molecule has 0 aromatic rings. The topological polar surface area (TPSA) is 47.6 Å². The van der Waals surface area contributed by atoms with Gasteiger partial charge in [-0.15, -0.1) is 0 Å². The van der Waals surface area contributed by atoms with Gasteiger partial charge in [-0.1, -0.05) is 6.92 Å². The first-order valence-electron chi connectivity index (χ1n) is 5.31. The molecular formula is C10H19F2NO3. The van der Waals surface area contributed by atoms with E-state index in [0.717, 1.165) is 0 Å². The molecule has 0 aliphatic rings. The van der Waals surface area contributed by atoms with Crippen LogP contribution in [0, 0.1) is 5.92 Å². The van der Waals surface area contributed by atoms with E-state index in [1.807, 2.05) is 0 Å². The maximum atomic E-state index is 11.7. The summed E-state index contributed by atoms with van der Waals surface area (Å²) in [5, 5.41) is 2.93. The highest BCUT2D eigenvalue weighted by Crippen LogP contribution is 1.96. The molecule has 6 heteroatoms. The molecule has 0 aromatic heterocycles. The molecular weight excluding hydrogens is 220 g/mol. The third-order valence-corrected chi connectivity index (χ3v) is 1.81. The predicted molar refractivity (Wildman–Crippen MR) is 55.5 cm³/mol. The van der Waals surface area contributed by atoms with E-state index in [-0.39, 0.29) is 18.5 Å². The first kappa shape index (κ1) is 15.2. The van der Waals surface area contributed by atoms with Crippen LogP contribution in [0.25, 0.3) is 0 Å². The minimum Gasteiger partial charge on any atom is -0.466 e. The van der Waals surface area contributed by atoms with Crippen molar-refractivity contribution in [3.8, 4) is 0 Å². The lowest BCUT2D eigenvalue weighted by atomic mass is 10.2. The summed E-state index contributed by atoms with van der Waals surface area (Å²) in [6.45, 7) is 4.41. The number of carbonyl (C=O) groups excluding carboxylic acids is 1. The van der Waals surface area contributed by atoms with E-state index in [9.17, 15) is 13.6 Å². The van der Waals surface area contributed by atoms with Crippen LogP contribution in [-0.4, -0.2) is 45.3 Å². The van der Waals surface area contributed by atoms with Crippen molar-refractivity contribution in [3.63, 3.8) is 0 Å². The number of esters is 1. The zero-order valence-corrected chi connectivity index (χ0v) is 9.67. The fraction of sp³-hybridized carbons (Fsp3) is 0.900. The summed E-state index contributed by atoms with van der Waals surface area (Å²) < 4.78 is 32.8. The summed E-state index contributed by atoms with van der Waals surface area (Å²) in [5.41, 5.74) is 0. The number of alkyl halides is 2. The Morgan fingerprint density at radius 3 is 2.69 bits per heavy atom. The summed E-state index contributed by atoms with van der Waals surface area (Å²) >= 11 is 0. The smallest absolute Gasteiger partial charge is 0.309 e. The molecule has 0 fully saturated rings. The quantitative estimate of drug-likeness (QED) is 0.483. The Morgan fingerprint density at radius 2 is 2.12 bits per heavy atom. The molecule has 0 rings (SSSR count). The monoisotopic (exact) mass is 239 g/mol. The van der Waals surface area contributed by atoms with Crippen LogP contribution in [0.5, 0.6) is 0 Å². The van der Waals surface area contributed by atoms with Crippen molar-refractivity contribution >= 4 is 5.97 Å². The van der Waals surface area contributed by atoms with Gasteiger partial charge in [0.2, 0.25) is 0 Å². The van der Waals surface area contributed by atoms with Gasteiger partial charge in [-0.05, 0) is 6.92 Å². The lowest BCUT2D eigenvalue weighted by molar-refractivity contribution is -0.147. The Hall–Kier alpha value is -0.750. The van der Waals surface area contributed by atoms with E-state index in [0.29, 0.717) is 19.7 Å². The van der Waals surface area contributed by atoms with Gasteiger partial charge in [0, 0.05) is 13.1 Å². The third kappa shape index (κ3) is 8.55. The fourth-order valence-electron chi connectivity index (χ4n) is 1.00. The van der Waals surface area contributed by atoms with Crippen LogP contribution in [-0.2, 0) is 14.3 Å². The van der Waals surface area contributed by atoms with Crippen LogP contribution in [0.3, 0.4) is 0 Å². The molecule has 0 aliphatic heterocycles. The van der Waals surface area contributed by atoms with Gasteiger partial charge < -0.3 is 14.8 Å². The van der Waals surface area contributed by atoms with E-state index in [1.165, 1.54) is 0 Å². The van der Waals surface area contributed by atoms with Gasteiger partial charge >= 0.3 is 5.97 Å². The van der Waals surface area contributed by atoms with Crippen LogP contribution >= 0.6 is 0 Å². The first-order chi connectivity index (χ1) is 7.57. The Labute approximate surface area is 94.3 Å². The zero-order valence-electron chi connectivity index (χ0n) is 9.67. The third-order valence-electron chi connectivity index (χ3n) is 1.81. The van der Waals surface area contributed by atoms with Crippen LogP contribution in [0.2, 0.25) is 0 Å². The van der Waals surface area contributed by atoms with E-state index in [4.69, 9.17) is 4.74 Å². The Kier molecular flexibility index (Phi) is 9.03. The highest BCUT2D eigenvalue weighted by Gasteiger charge is 2.12. The van der Waals surface area contributed by atoms with Crippen molar-refractivity contribution in [2.24, 2.45) is 5.92 Å². The zero-order chi connectivity index (χ0) is 12.4. The molecule has 4 nitrogen and oxygen atoms in total. The van der Waals surface area contributed by atoms with Gasteiger partial charge in [0.25, 0.3) is 6.43 Å². The summed E-state index contributed by atoms with van der Waals surface area (Å²) in [6.07, 6.45) is -2.43. The lowest BCUT2D eigenvalue weighted by Gasteiger charge is -2.11. The molecule has 1 atom stereocenters. The standard InChI is InChI=1S/C10H19F2NO3/c1-3-16-10(14)8(2)6-13-4-5-15-7-9(11)12/h8-9,13H,3-7H2,1-2H3. The van der Waals surface area contributed by atoms with E-state index < -0.39 is 13.0 Å². The molecule has 0 spiro atoms. The number of hydrogen-bond donors (Lipinski definition) is 1. The summed E-state index contributed by atoms with van der Waals surface area (Å²) in [5.74, 6) is -0.501. The minimum atomic E-state index is -2.43. The second-order valence-electron chi connectivity index (χ2n) is 3.32. The van der Waals surface area contributed by atoms with Gasteiger partial charge in [0.1, 0.15) is 6.61 Å². The van der Waals surface area contributed by atoms with E-state index in [2.05, 4.69) is 10.1 Å². The molecule has 0 aliphatic carbocycles. The number of nitrogens with one attached hydrogen (secondary N) is 1. The largest absolute Gasteiger partial charge is 0.466 e. The Morgan fingerprint density at radius 1 is 1.44 bits per heavy atom. The lowest BCUT2D eigenvalue weighted by Crippen LogP contribution is -2.30. The molecule has 0 heterocycles. The van der Waals surface area contributed by atoms with Crippen molar-refractivity contribution in [1.82, 2.24) is 5.32 Å². The van der Waals surface area contributed by atoms with Crippen molar-refractivity contribution < 1.29 is 23.0 Å². The van der Waals surface area contributed by atoms with Crippen molar-refractivity contribution in [2.45, 2.75) is 20.3 Å². The molecule has 96 valence electrons. The van der Waals surface area contributed by atoms with Gasteiger partial charge in [-0.3, -0.25) is 4.79 Å². The average molecular weight is 239 g/mol. The molecule has 1 N–H and O–H groups in total. The van der Waals surface area contributed by atoms with Crippen molar-refractivity contribution in [3.05, 3.63) is 0 Å². The molecule has 0 bridgehead atoms. The van der Waals surface area contributed by atoms with Gasteiger partial charge in [-0.25, -0.2) is 8.78 Å². The highest BCUT2D eigenvalue weighted by molar-refractivity contribution is 5.72. The predicted octanol–water partition coefficient (Wildman–Crippen LogP) is 1.06. The van der Waals surface area contributed by atoms with Crippen LogP contribution in [0.4, 0.5) is 8.78 Å². The fourth-order valence-corrected chi connectivity index (χ4v) is 1.00. The first-order valence-corrected chi connectivity index (χ1v) is 5.31. The number of halogens is 2. The molecule has 1 unspecified atom stereocenters. The Bertz CT molecular complexity index is 191.